The third kappa shape index (κ3) is 8.98. The minimum absolute atomic E-state index is 0.0307. The number of hydrogen-bond donors (Lipinski definition) is 1. The number of ether oxygens (including phenoxy) is 1. The standard InChI is InChI=1S/C15H21N3O3.C6H6OS.C4H10/c1-10-7-12(17(4)11(2)19)5-6-14(10)18-9-13(8-16-3)21-15(18)20;1-5-2-3-6(4-7)8-5;1-3-4-2/h5-7,13,16H,8-9H2,1-4H3;2-4H,1H3;3-4H2,1-2H3. The van der Waals surface area contributed by atoms with Crippen LogP contribution in [0.1, 0.15) is 53.7 Å². The highest BCUT2D eigenvalue weighted by molar-refractivity contribution is 7.13. The Morgan fingerprint density at radius 2 is 1.91 bits per heavy atom. The van der Waals surface area contributed by atoms with Crippen LogP contribution in [0.2, 0.25) is 0 Å². The Morgan fingerprint density at radius 1 is 1.24 bits per heavy atom. The molecule has 1 aliphatic heterocycles. The quantitative estimate of drug-likeness (QED) is 0.581. The van der Waals surface area contributed by atoms with E-state index in [1.807, 2.05) is 51.2 Å². The number of rotatable bonds is 6. The third-order valence-corrected chi connectivity index (χ3v) is 5.94. The van der Waals surface area contributed by atoms with Gasteiger partial charge in [0.2, 0.25) is 5.91 Å². The van der Waals surface area contributed by atoms with Crippen LogP contribution < -0.4 is 15.1 Å². The molecule has 3 rings (SSSR count). The average molecular weight is 476 g/mol. The molecule has 8 heteroatoms. The second-order valence-electron chi connectivity index (χ2n) is 7.79. The van der Waals surface area contributed by atoms with Crippen LogP contribution >= 0.6 is 11.3 Å². The van der Waals surface area contributed by atoms with Gasteiger partial charge in [0.15, 0.2) is 6.29 Å². The van der Waals surface area contributed by atoms with Gasteiger partial charge in [-0.3, -0.25) is 14.5 Å². The van der Waals surface area contributed by atoms with E-state index in [2.05, 4.69) is 19.2 Å². The highest BCUT2D eigenvalue weighted by Crippen LogP contribution is 2.28. The molecule has 1 unspecified atom stereocenters. The van der Waals surface area contributed by atoms with Crippen LogP contribution in [0, 0.1) is 13.8 Å². The normalized spacial score (nSPS) is 14.5. The summed E-state index contributed by atoms with van der Waals surface area (Å²) in [4.78, 5) is 38.6. The molecule has 1 aromatic carbocycles. The molecule has 1 atom stereocenters. The molecule has 1 aromatic heterocycles. The molecule has 1 saturated heterocycles. The molecule has 2 heterocycles. The zero-order valence-electron chi connectivity index (χ0n) is 20.8. The Hall–Kier alpha value is -2.71. The van der Waals surface area contributed by atoms with E-state index >= 15 is 0 Å². The number of cyclic esters (lactones) is 1. The van der Waals surface area contributed by atoms with Crippen molar-refractivity contribution in [1.82, 2.24) is 5.32 Å². The van der Waals surface area contributed by atoms with Crippen LogP contribution in [0.25, 0.3) is 0 Å². The van der Waals surface area contributed by atoms with Gasteiger partial charge in [-0.05, 0) is 56.8 Å². The first-order valence-corrected chi connectivity index (χ1v) is 12.0. The van der Waals surface area contributed by atoms with E-state index in [1.54, 1.807) is 16.8 Å². The van der Waals surface area contributed by atoms with E-state index in [9.17, 15) is 14.4 Å². The molecule has 2 amide bonds. The van der Waals surface area contributed by atoms with Gasteiger partial charge >= 0.3 is 6.09 Å². The molecule has 7 nitrogen and oxygen atoms in total. The lowest BCUT2D eigenvalue weighted by atomic mass is 10.1. The van der Waals surface area contributed by atoms with Crippen LogP contribution in [0.5, 0.6) is 0 Å². The van der Waals surface area contributed by atoms with Gasteiger partial charge in [0.1, 0.15) is 6.10 Å². The SMILES string of the molecule is CCCC.CNCC1CN(c2ccc(N(C)C(C)=O)cc2C)C(=O)O1.Cc1ccc(C=O)s1. The highest BCUT2D eigenvalue weighted by Gasteiger charge is 2.32. The fourth-order valence-corrected chi connectivity index (χ4v) is 3.59. The molecule has 0 bridgehead atoms. The van der Waals surface area contributed by atoms with E-state index in [4.69, 9.17) is 4.74 Å². The van der Waals surface area contributed by atoms with Crippen LogP contribution in [0.3, 0.4) is 0 Å². The van der Waals surface area contributed by atoms with Crippen LogP contribution in [-0.2, 0) is 9.53 Å². The summed E-state index contributed by atoms with van der Waals surface area (Å²) in [6, 6.07) is 9.35. The number of unbranched alkanes of at least 4 members (excludes halogenated alkanes) is 1. The molecule has 182 valence electrons. The lowest BCUT2D eigenvalue weighted by Gasteiger charge is -2.20. The summed E-state index contributed by atoms with van der Waals surface area (Å²) < 4.78 is 5.30. The summed E-state index contributed by atoms with van der Waals surface area (Å²) in [5.41, 5.74) is 2.56. The fourth-order valence-electron chi connectivity index (χ4n) is 2.90. The van der Waals surface area contributed by atoms with E-state index in [0.29, 0.717) is 13.1 Å². The number of nitrogens with one attached hydrogen (secondary N) is 1. The molecule has 0 saturated carbocycles. The lowest BCUT2D eigenvalue weighted by molar-refractivity contribution is -0.116. The van der Waals surface area contributed by atoms with Gasteiger partial charge in [-0.25, -0.2) is 4.79 Å². The highest BCUT2D eigenvalue weighted by atomic mass is 32.1. The monoisotopic (exact) mass is 475 g/mol. The van der Waals surface area contributed by atoms with Gasteiger partial charge in [-0.2, -0.15) is 0 Å². The number of hydrogen-bond acceptors (Lipinski definition) is 6. The minimum Gasteiger partial charge on any atom is -0.443 e. The second-order valence-corrected chi connectivity index (χ2v) is 9.11. The first-order valence-electron chi connectivity index (χ1n) is 11.2. The molecular weight excluding hydrogens is 438 g/mol. The predicted molar refractivity (Wildman–Crippen MR) is 137 cm³/mol. The molecule has 0 aliphatic carbocycles. The van der Waals surface area contributed by atoms with Crippen molar-refractivity contribution < 1.29 is 19.1 Å². The first kappa shape index (κ1) is 28.3. The number of nitrogens with zero attached hydrogens (tertiary/aromatic N) is 2. The zero-order chi connectivity index (χ0) is 25.0. The molecule has 1 N–H and O–H groups in total. The molecule has 1 fully saturated rings. The van der Waals surface area contributed by atoms with Gasteiger partial charge in [0.05, 0.1) is 17.1 Å². The summed E-state index contributed by atoms with van der Waals surface area (Å²) in [6.07, 6.45) is 3.05. The third-order valence-electron chi connectivity index (χ3n) is 5.01. The summed E-state index contributed by atoms with van der Waals surface area (Å²) in [7, 11) is 3.55. The lowest BCUT2D eigenvalue weighted by Crippen LogP contribution is -2.29. The largest absolute Gasteiger partial charge is 0.443 e. The average Bonchev–Trinajstić information content (AvgIpc) is 3.38. The van der Waals surface area contributed by atoms with Crippen molar-refractivity contribution in [2.75, 3.05) is 37.0 Å². The van der Waals surface area contributed by atoms with Crippen molar-refractivity contribution in [2.45, 2.75) is 53.6 Å². The first-order chi connectivity index (χ1) is 15.7. The van der Waals surface area contributed by atoms with Crippen LogP contribution in [0.4, 0.5) is 16.2 Å². The summed E-state index contributed by atoms with van der Waals surface area (Å²) >= 11 is 1.52. The van der Waals surface area contributed by atoms with E-state index < -0.39 is 0 Å². The number of likely N-dealkylation sites (N-methyl/N-ethyl adjacent to an activating group) is 1. The summed E-state index contributed by atoms with van der Waals surface area (Å²) in [5.74, 6) is -0.0307. The number of anilines is 2. The maximum atomic E-state index is 12.0. The van der Waals surface area contributed by atoms with Gasteiger partial charge in [0, 0.05) is 31.1 Å². The number of aldehydes is 1. The second kappa shape index (κ2) is 14.4. The predicted octanol–water partition coefficient (Wildman–Crippen LogP) is 5.20. The molecule has 1 aliphatic rings. The van der Waals surface area contributed by atoms with Crippen molar-refractivity contribution >= 4 is 41.0 Å². The van der Waals surface area contributed by atoms with E-state index in [1.165, 1.54) is 36.0 Å². The van der Waals surface area contributed by atoms with Gasteiger partial charge in [-0.15, -0.1) is 11.3 Å². The topological polar surface area (TPSA) is 78.9 Å². The van der Waals surface area contributed by atoms with Crippen molar-refractivity contribution in [3.05, 3.63) is 45.6 Å². The van der Waals surface area contributed by atoms with Gasteiger partial charge in [-0.1, -0.05) is 26.7 Å². The number of benzene rings is 1. The Bertz CT molecular complexity index is 911. The van der Waals surface area contributed by atoms with Crippen LogP contribution in [-0.4, -0.2) is 51.6 Å². The fraction of sp³-hybridized carbons (Fsp3) is 0.480. The Labute approximate surface area is 201 Å². The number of amides is 2. The van der Waals surface area contributed by atoms with Crippen molar-refractivity contribution in [3.63, 3.8) is 0 Å². The Morgan fingerprint density at radius 3 is 2.33 bits per heavy atom. The number of carbonyl (C=O) groups is 3. The molecule has 0 spiro atoms. The summed E-state index contributed by atoms with van der Waals surface area (Å²) in [6.45, 7) is 10.9. The van der Waals surface area contributed by atoms with E-state index in [-0.39, 0.29) is 18.1 Å². The number of aryl methyl sites for hydroxylation is 2. The smallest absolute Gasteiger partial charge is 0.414 e. The minimum atomic E-state index is -0.328. The number of carbonyl (C=O) groups excluding carboxylic acids is 3. The molecule has 33 heavy (non-hydrogen) atoms. The zero-order valence-corrected chi connectivity index (χ0v) is 21.6. The van der Waals surface area contributed by atoms with Crippen LogP contribution in [0.15, 0.2) is 30.3 Å². The Kier molecular flexibility index (Phi) is 12.4. The van der Waals surface area contributed by atoms with Crippen molar-refractivity contribution in [3.8, 4) is 0 Å². The molecule has 2 aromatic rings. The maximum Gasteiger partial charge on any atom is 0.414 e. The van der Waals surface area contributed by atoms with Crippen molar-refractivity contribution in [2.24, 2.45) is 0 Å². The van der Waals surface area contributed by atoms with Gasteiger partial charge in [0.25, 0.3) is 0 Å². The molecular formula is C25H37N3O4S. The number of thiophene rings is 1. The summed E-state index contributed by atoms with van der Waals surface area (Å²) in [5, 5.41) is 3.01. The van der Waals surface area contributed by atoms with Gasteiger partial charge < -0.3 is 15.0 Å². The maximum absolute atomic E-state index is 12.0. The molecule has 0 radical (unpaired) electrons. The Balaban J connectivity index is 0.000000372. The van der Waals surface area contributed by atoms with E-state index in [0.717, 1.165) is 28.1 Å². The van der Waals surface area contributed by atoms with Crippen molar-refractivity contribution in [1.29, 1.82) is 0 Å².